The van der Waals surface area contributed by atoms with Crippen molar-refractivity contribution in [2.75, 3.05) is 0 Å². The Hall–Kier alpha value is -4.08. The number of hydrogen-bond donors (Lipinski definition) is 2. The average molecular weight is 452 g/mol. The molecule has 0 spiro atoms. The first-order valence-electron chi connectivity index (χ1n) is 10.2. The highest BCUT2D eigenvalue weighted by Crippen LogP contribution is 2.34. The lowest BCUT2D eigenvalue weighted by atomic mass is 10.1. The zero-order valence-electron chi connectivity index (χ0n) is 17.7. The van der Waals surface area contributed by atoms with Crippen LogP contribution in [-0.4, -0.2) is 30.2 Å². The zero-order valence-corrected chi connectivity index (χ0v) is 17.7. The van der Waals surface area contributed by atoms with Gasteiger partial charge in [0, 0.05) is 47.7 Å². The summed E-state index contributed by atoms with van der Waals surface area (Å²) in [5.74, 6) is 0.382. The van der Waals surface area contributed by atoms with Crippen molar-refractivity contribution in [1.29, 1.82) is 0 Å². The van der Waals surface area contributed by atoms with Crippen molar-refractivity contribution in [3.8, 4) is 5.69 Å². The van der Waals surface area contributed by atoms with Crippen LogP contribution in [0.3, 0.4) is 0 Å². The Morgan fingerprint density at radius 2 is 1.88 bits per heavy atom. The topological polar surface area (TPSA) is 80.5 Å². The third-order valence-electron chi connectivity index (χ3n) is 5.54. The Bertz CT molecular complexity index is 1460. The molecule has 1 amide bonds. The number of fused-ring (bicyclic) bond motifs is 3. The molecule has 0 bridgehead atoms. The van der Waals surface area contributed by atoms with Crippen molar-refractivity contribution >= 4 is 27.8 Å². The molecule has 2 aromatic carbocycles. The number of nitrogens with zero attached hydrogens (tertiary/aromatic N) is 4. The van der Waals surface area contributed by atoms with E-state index in [1.807, 2.05) is 13.1 Å². The molecule has 1 unspecified atom stereocenters. The van der Waals surface area contributed by atoms with Crippen molar-refractivity contribution in [3.63, 3.8) is 0 Å². The number of carbonyl (C=O) groups is 1. The summed E-state index contributed by atoms with van der Waals surface area (Å²) in [7, 11) is 1.77. The Balaban J connectivity index is 1.58. The van der Waals surface area contributed by atoms with E-state index in [4.69, 9.17) is 0 Å². The summed E-state index contributed by atoms with van der Waals surface area (Å²) in [5.41, 5.74) is 1.61. The highest BCUT2D eigenvalue weighted by Gasteiger charge is 2.30. The number of nitrogens with one attached hydrogen (secondary N) is 2. The van der Waals surface area contributed by atoms with Crippen molar-refractivity contribution in [3.05, 3.63) is 78.0 Å². The fourth-order valence-electron chi connectivity index (χ4n) is 3.96. The Morgan fingerprint density at radius 3 is 2.55 bits per heavy atom. The lowest BCUT2D eigenvalue weighted by molar-refractivity contribution is -0.137. The van der Waals surface area contributed by atoms with Gasteiger partial charge in [0.1, 0.15) is 5.82 Å². The predicted octanol–water partition coefficient (Wildman–Crippen LogP) is 4.75. The van der Waals surface area contributed by atoms with E-state index in [1.165, 1.54) is 12.1 Å². The van der Waals surface area contributed by atoms with Crippen LogP contribution in [0, 0.1) is 0 Å². The number of aromatic amines is 1. The number of aromatic nitrogens is 5. The van der Waals surface area contributed by atoms with Crippen LogP contribution < -0.4 is 5.32 Å². The van der Waals surface area contributed by atoms with Crippen molar-refractivity contribution in [1.82, 2.24) is 29.6 Å². The van der Waals surface area contributed by atoms with E-state index in [0.29, 0.717) is 22.7 Å². The average Bonchev–Trinajstić information content (AvgIpc) is 3.49. The standard InChI is InChI=1S/C23H19F3N6O/c1-13(20-27-9-10-28-20)29-22(33)14-3-8-19-17(11-14)18-12-31(2)30-21(18)32(19)16-6-4-15(5-7-16)23(24,25)26/h3-13H,1-2H3,(H,27,28)(H,29,33). The summed E-state index contributed by atoms with van der Waals surface area (Å²) >= 11 is 0. The molecule has 7 nitrogen and oxygen atoms in total. The second-order valence-electron chi connectivity index (χ2n) is 7.82. The van der Waals surface area contributed by atoms with Gasteiger partial charge in [0.2, 0.25) is 0 Å². The second-order valence-corrected chi connectivity index (χ2v) is 7.82. The summed E-state index contributed by atoms with van der Waals surface area (Å²) in [6, 6.07) is 9.86. The highest BCUT2D eigenvalue weighted by molar-refractivity contribution is 6.10. The number of carbonyl (C=O) groups excluding carboxylic acids is 1. The van der Waals surface area contributed by atoms with E-state index < -0.39 is 11.7 Å². The number of H-pyrrole nitrogens is 1. The van der Waals surface area contributed by atoms with Gasteiger partial charge in [-0.3, -0.25) is 14.0 Å². The highest BCUT2D eigenvalue weighted by atomic mass is 19.4. The zero-order chi connectivity index (χ0) is 23.3. The van der Waals surface area contributed by atoms with Gasteiger partial charge in [0.05, 0.1) is 17.1 Å². The molecule has 33 heavy (non-hydrogen) atoms. The first-order valence-corrected chi connectivity index (χ1v) is 10.2. The quantitative estimate of drug-likeness (QED) is 0.413. The number of imidazole rings is 1. The van der Waals surface area contributed by atoms with E-state index in [2.05, 4.69) is 20.4 Å². The van der Waals surface area contributed by atoms with E-state index in [9.17, 15) is 18.0 Å². The number of aryl methyl sites for hydroxylation is 1. The first-order chi connectivity index (χ1) is 15.7. The summed E-state index contributed by atoms with van der Waals surface area (Å²) < 4.78 is 42.4. The molecule has 5 rings (SSSR count). The van der Waals surface area contributed by atoms with Crippen LogP contribution in [0.2, 0.25) is 0 Å². The van der Waals surface area contributed by atoms with Crippen molar-refractivity contribution in [2.24, 2.45) is 7.05 Å². The Morgan fingerprint density at radius 1 is 1.12 bits per heavy atom. The van der Waals surface area contributed by atoms with E-state index >= 15 is 0 Å². The number of rotatable bonds is 4. The normalized spacial score (nSPS) is 13.0. The molecular formula is C23H19F3N6O. The molecule has 0 aliphatic carbocycles. The van der Waals surface area contributed by atoms with E-state index in [-0.39, 0.29) is 11.9 Å². The molecule has 168 valence electrons. The summed E-state index contributed by atoms with van der Waals surface area (Å²) in [4.78, 5) is 20.0. The minimum atomic E-state index is -4.41. The second kappa shape index (κ2) is 7.51. The van der Waals surface area contributed by atoms with Crippen molar-refractivity contribution < 1.29 is 18.0 Å². The molecule has 0 aliphatic heterocycles. The molecule has 10 heteroatoms. The number of benzene rings is 2. The summed E-state index contributed by atoms with van der Waals surface area (Å²) in [6.45, 7) is 1.83. The molecule has 5 aromatic rings. The maximum absolute atomic E-state index is 13.0. The largest absolute Gasteiger partial charge is 0.416 e. The predicted molar refractivity (Wildman–Crippen MR) is 117 cm³/mol. The van der Waals surface area contributed by atoms with Gasteiger partial charge in [-0.25, -0.2) is 4.98 Å². The minimum absolute atomic E-state index is 0.264. The molecule has 0 saturated carbocycles. The smallest absolute Gasteiger partial charge is 0.347 e. The lowest BCUT2D eigenvalue weighted by Gasteiger charge is -2.12. The molecule has 0 radical (unpaired) electrons. The Labute approximate surface area is 185 Å². The van der Waals surface area contributed by atoms with Gasteiger partial charge in [0.25, 0.3) is 5.91 Å². The fraction of sp³-hybridized carbons (Fsp3) is 0.174. The van der Waals surface area contributed by atoms with Crippen LogP contribution in [0.4, 0.5) is 13.2 Å². The molecule has 0 aliphatic rings. The summed E-state index contributed by atoms with van der Waals surface area (Å²) in [6.07, 6.45) is 0.721. The van der Waals surface area contributed by atoms with E-state index in [1.54, 1.807) is 46.9 Å². The molecule has 0 saturated heterocycles. The third kappa shape index (κ3) is 3.63. The molecule has 3 heterocycles. The molecule has 2 N–H and O–H groups in total. The maximum atomic E-state index is 13.0. The number of hydrogen-bond acceptors (Lipinski definition) is 3. The summed E-state index contributed by atoms with van der Waals surface area (Å²) in [5, 5.41) is 8.97. The van der Waals surface area contributed by atoms with Gasteiger partial charge < -0.3 is 10.3 Å². The van der Waals surface area contributed by atoms with Crippen LogP contribution in [0.15, 0.2) is 61.1 Å². The van der Waals surface area contributed by atoms with Gasteiger partial charge in [-0.15, -0.1) is 0 Å². The number of halogens is 3. The number of alkyl halides is 3. The van der Waals surface area contributed by atoms with Crippen molar-refractivity contribution in [2.45, 2.75) is 19.1 Å². The van der Waals surface area contributed by atoms with Crippen LogP contribution >= 0.6 is 0 Å². The lowest BCUT2D eigenvalue weighted by Crippen LogP contribution is -2.27. The molecule has 0 fully saturated rings. The first kappa shape index (κ1) is 20.8. The Kier molecular flexibility index (Phi) is 4.73. The maximum Gasteiger partial charge on any atom is 0.416 e. The van der Waals surface area contributed by atoms with E-state index in [0.717, 1.165) is 28.4 Å². The van der Waals surface area contributed by atoms with Gasteiger partial charge >= 0.3 is 6.18 Å². The van der Waals surface area contributed by atoms with Gasteiger partial charge in [0.15, 0.2) is 5.65 Å². The van der Waals surface area contributed by atoms with Gasteiger partial charge in [-0.1, -0.05) is 0 Å². The SMILES string of the molecule is CC(NC(=O)c1ccc2c(c1)c1cn(C)nc1n2-c1ccc(C(F)(F)F)cc1)c1ncc[nH]1. The molecular weight excluding hydrogens is 433 g/mol. The van der Waals surface area contributed by atoms with Crippen LogP contribution in [-0.2, 0) is 13.2 Å². The van der Waals surface area contributed by atoms with Gasteiger partial charge in [-0.2, -0.15) is 18.3 Å². The fourth-order valence-corrected chi connectivity index (χ4v) is 3.96. The monoisotopic (exact) mass is 452 g/mol. The van der Waals surface area contributed by atoms with Gasteiger partial charge in [-0.05, 0) is 49.4 Å². The number of amides is 1. The molecule has 3 aromatic heterocycles. The van der Waals surface area contributed by atoms with Crippen LogP contribution in [0.1, 0.15) is 34.7 Å². The minimum Gasteiger partial charge on any atom is -0.347 e. The molecule has 1 atom stereocenters. The van der Waals surface area contributed by atoms with Crippen LogP contribution in [0.25, 0.3) is 27.6 Å². The van der Waals surface area contributed by atoms with Crippen LogP contribution in [0.5, 0.6) is 0 Å². The third-order valence-corrected chi connectivity index (χ3v) is 5.54.